The van der Waals surface area contributed by atoms with Crippen molar-refractivity contribution in [1.82, 2.24) is 0 Å². The predicted molar refractivity (Wildman–Crippen MR) is 119 cm³/mol. The lowest BCUT2D eigenvalue weighted by atomic mass is 10.5. The number of hydrogen-bond donors (Lipinski definition) is 0. The van der Waals surface area contributed by atoms with Gasteiger partial charge in [0.05, 0.1) is 0 Å². The van der Waals surface area contributed by atoms with Gasteiger partial charge in [0.2, 0.25) is 0 Å². The van der Waals surface area contributed by atoms with Crippen molar-refractivity contribution in [3.05, 3.63) is 0 Å². The Morgan fingerprint density at radius 2 is 0.536 bits per heavy atom. The third-order valence-corrected chi connectivity index (χ3v) is 9.98. The molecule has 170 valence electrons. The molecule has 6 nitrogen and oxygen atoms in total. The lowest BCUT2D eigenvalue weighted by Gasteiger charge is -2.34. The summed E-state index contributed by atoms with van der Waals surface area (Å²) < 4.78 is 37.5. The molecule has 0 radical (unpaired) electrons. The first kappa shape index (κ1) is 28.2. The maximum Gasteiger partial charge on any atom is 0.500 e. The highest BCUT2D eigenvalue weighted by Crippen LogP contribution is 2.27. The second-order valence-electron chi connectivity index (χ2n) is 6.96. The SMILES string of the molecule is CCCO[Si](CC[Si](OCCC)(OCCC)OCCC)(OCCC)OCCC. The lowest BCUT2D eigenvalue weighted by Crippen LogP contribution is -2.52. The van der Waals surface area contributed by atoms with E-state index < -0.39 is 17.6 Å². The van der Waals surface area contributed by atoms with Gasteiger partial charge < -0.3 is 26.6 Å². The Hall–Kier alpha value is 0.194. The molecule has 0 aliphatic heterocycles. The van der Waals surface area contributed by atoms with E-state index in [1.54, 1.807) is 0 Å². The topological polar surface area (TPSA) is 55.4 Å². The second kappa shape index (κ2) is 18.0. The smallest absolute Gasteiger partial charge is 0.373 e. The maximum atomic E-state index is 6.24. The van der Waals surface area contributed by atoms with Crippen LogP contribution < -0.4 is 0 Å². The number of rotatable bonds is 21. The van der Waals surface area contributed by atoms with E-state index >= 15 is 0 Å². The van der Waals surface area contributed by atoms with Crippen molar-refractivity contribution < 1.29 is 26.6 Å². The van der Waals surface area contributed by atoms with Gasteiger partial charge in [0, 0.05) is 51.7 Å². The molecule has 0 N–H and O–H groups in total. The van der Waals surface area contributed by atoms with E-state index in [1.165, 1.54) is 0 Å². The molecule has 0 rings (SSSR count). The molecule has 0 aliphatic rings. The molecule has 0 bridgehead atoms. The monoisotopic (exact) mass is 438 g/mol. The first-order valence-corrected chi connectivity index (χ1v) is 15.3. The quantitative estimate of drug-likeness (QED) is 0.223. The molecule has 0 heterocycles. The van der Waals surface area contributed by atoms with Crippen LogP contribution in [0.5, 0.6) is 0 Å². The van der Waals surface area contributed by atoms with Gasteiger partial charge in [-0.25, -0.2) is 0 Å². The summed E-state index contributed by atoms with van der Waals surface area (Å²) in [6.07, 6.45) is 5.63. The van der Waals surface area contributed by atoms with Crippen LogP contribution >= 0.6 is 0 Å². The van der Waals surface area contributed by atoms with Crippen LogP contribution in [0.25, 0.3) is 0 Å². The van der Waals surface area contributed by atoms with Crippen LogP contribution in [-0.4, -0.2) is 57.3 Å². The van der Waals surface area contributed by atoms with Crippen LogP contribution in [0.1, 0.15) is 80.1 Å². The van der Waals surface area contributed by atoms with Crippen molar-refractivity contribution in [1.29, 1.82) is 0 Å². The number of hydrogen-bond acceptors (Lipinski definition) is 6. The van der Waals surface area contributed by atoms with E-state index in [4.69, 9.17) is 26.6 Å². The molecule has 0 unspecified atom stereocenters. The Kier molecular flexibility index (Phi) is 18.1. The fraction of sp³-hybridized carbons (Fsp3) is 1.00. The van der Waals surface area contributed by atoms with Crippen molar-refractivity contribution in [3.8, 4) is 0 Å². The first-order valence-electron chi connectivity index (χ1n) is 11.4. The van der Waals surface area contributed by atoms with Gasteiger partial charge in [-0.3, -0.25) is 0 Å². The maximum absolute atomic E-state index is 6.24. The normalized spacial score (nSPS) is 12.6. The van der Waals surface area contributed by atoms with Crippen molar-refractivity contribution in [2.45, 2.75) is 92.2 Å². The first-order chi connectivity index (χ1) is 13.6. The Labute approximate surface area is 176 Å². The van der Waals surface area contributed by atoms with Crippen LogP contribution in [0, 0.1) is 0 Å². The fourth-order valence-corrected chi connectivity index (χ4v) is 9.44. The minimum atomic E-state index is -2.79. The third-order valence-electron chi connectivity index (χ3n) is 3.89. The van der Waals surface area contributed by atoms with Gasteiger partial charge >= 0.3 is 17.6 Å². The standard InChI is InChI=1S/C20H46O6Si2/c1-7-13-21-27(22-14-8-2,23-15-9-3)19-20-28(24-16-10-4,25-17-11-5)26-18-12-6/h7-20H2,1-6H3. The van der Waals surface area contributed by atoms with Crippen LogP contribution in [0.4, 0.5) is 0 Å². The van der Waals surface area contributed by atoms with Crippen molar-refractivity contribution in [3.63, 3.8) is 0 Å². The molecule has 0 spiro atoms. The molecule has 0 saturated heterocycles. The van der Waals surface area contributed by atoms with Crippen LogP contribution in [0.2, 0.25) is 12.1 Å². The van der Waals surface area contributed by atoms with Gasteiger partial charge in [-0.2, -0.15) is 0 Å². The highest BCUT2D eigenvalue weighted by atomic mass is 28.4. The molecule has 0 aromatic rings. The summed E-state index contributed by atoms with van der Waals surface area (Å²) in [4.78, 5) is 0. The van der Waals surface area contributed by atoms with E-state index in [9.17, 15) is 0 Å². The summed E-state index contributed by atoms with van der Waals surface area (Å²) in [5.41, 5.74) is 0. The fourth-order valence-electron chi connectivity index (χ4n) is 2.53. The van der Waals surface area contributed by atoms with Crippen LogP contribution in [0.15, 0.2) is 0 Å². The molecule has 0 aromatic carbocycles. The van der Waals surface area contributed by atoms with Crippen molar-refractivity contribution >= 4 is 17.6 Å². The molecule has 0 atom stereocenters. The second-order valence-corrected chi connectivity index (χ2v) is 12.4. The predicted octanol–water partition coefficient (Wildman–Crippen LogP) is 5.42. The van der Waals surface area contributed by atoms with Gasteiger partial charge in [-0.05, 0) is 38.5 Å². The largest absolute Gasteiger partial charge is 0.500 e. The van der Waals surface area contributed by atoms with E-state index in [2.05, 4.69) is 41.5 Å². The zero-order valence-electron chi connectivity index (χ0n) is 19.3. The summed E-state index contributed by atoms with van der Waals surface area (Å²) >= 11 is 0. The molecule has 0 fully saturated rings. The van der Waals surface area contributed by atoms with Gasteiger partial charge in [0.15, 0.2) is 0 Å². The Morgan fingerprint density at radius 1 is 0.357 bits per heavy atom. The molecule has 0 saturated carbocycles. The summed E-state index contributed by atoms with van der Waals surface area (Å²) in [6, 6.07) is 1.35. The van der Waals surface area contributed by atoms with Gasteiger partial charge in [0.25, 0.3) is 0 Å². The van der Waals surface area contributed by atoms with Crippen LogP contribution in [-0.2, 0) is 26.6 Å². The minimum absolute atomic E-state index is 0.648. The Bertz CT molecular complexity index is 271. The average molecular weight is 439 g/mol. The van der Waals surface area contributed by atoms with Gasteiger partial charge in [-0.15, -0.1) is 0 Å². The lowest BCUT2D eigenvalue weighted by molar-refractivity contribution is 0.0469. The van der Waals surface area contributed by atoms with Gasteiger partial charge in [0.1, 0.15) is 0 Å². The molecule has 28 heavy (non-hydrogen) atoms. The highest BCUT2D eigenvalue weighted by molar-refractivity contribution is 6.66. The molecule has 0 amide bonds. The van der Waals surface area contributed by atoms with Crippen molar-refractivity contribution in [2.75, 3.05) is 39.6 Å². The summed E-state index contributed by atoms with van der Waals surface area (Å²) in [6.45, 7) is 16.5. The van der Waals surface area contributed by atoms with Crippen molar-refractivity contribution in [2.24, 2.45) is 0 Å². The van der Waals surface area contributed by atoms with Gasteiger partial charge in [-0.1, -0.05) is 41.5 Å². The zero-order chi connectivity index (χ0) is 21.1. The molecular formula is C20H46O6Si2. The average Bonchev–Trinajstić information content (AvgIpc) is 2.73. The summed E-state index contributed by atoms with van der Waals surface area (Å²) in [7, 11) is -5.58. The molecule has 8 heteroatoms. The Morgan fingerprint density at radius 3 is 0.679 bits per heavy atom. The summed E-state index contributed by atoms with van der Waals surface area (Å²) in [5, 5.41) is 0. The van der Waals surface area contributed by atoms with E-state index in [-0.39, 0.29) is 0 Å². The van der Waals surface area contributed by atoms with E-state index in [0.29, 0.717) is 51.7 Å². The zero-order valence-corrected chi connectivity index (χ0v) is 21.3. The highest BCUT2D eigenvalue weighted by Gasteiger charge is 2.49. The van der Waals surface area contributed by atoms with E-state index in [0.717, 1.165) is 38.5 Å². The molecule has 0 aromatic heterocycles. The minimum Gasteiger partial charge on any atom is -0.373 e. The molecule has 0 aliphatic carbocycles. The third kappa shape index (κ3) is 12.0. The Balaban J connectivity index is 5.42. The molecular weight excluding hydrogens is 392 g/mol. The van der Waals surface area contributed by atoms with E-state index in [1.807, 2.05) is 0 Å². The summed E-state index contributed by atoms with van der Waals surface area (Å²) in [5.74, 6) is 0. The van der Waals surface area contributed by atoms with Crippen LogP contribution in [0.3, 0.4) is 0 Å².